The van der Waals surface area contributed by atoms with Crippen LogP contribution in [0, 0.1) is 11.8 Å². The fourth-order valence-electron chi connectivity index (χ4n) is 3.65. The van der Waals surface area contributed by atoms with Crippen molar-refractivity contribution in [1.29, 1.82) is 0 Å². The minimum absolute atomic E-state index is 0. The smallest absolute Gasteiger partial charge is 0.000671 e. The van der Waals surface area contributed by atoms with E-state index < -0.39 is 0 Å². The van der Waals surface area contributed by atoms with Gasteiger partial charge in [0, 0.05) is 0 Å². The van der Waals surface area contributed by atoms with E-state index in [-0.39, 0.29) is 24.8 Å². The molecule has 2 aliphatic rings. The number of hydrogen-bond acceptors (Lipinski definition) is 2. The van der Waals surface area contributed by atoms with E-state index in [0.29, 0.717) is 0 Å². The lowest BCUT2D eigenvalue weighted by molar-refractivity contribution is 0.157. The van der Waals surface area contributed by atoms with Crippen molar-refractivity contribution in [2.24, 2.45) is 17.6 Å². The van der Waals surface area contributed by atoms with Crippen molar-refractivity contribution in [3.8, 4) is 0 Å². The van der Waals surface area contributed by atoms with Gasteiger partial charge in [-0.3, -0.25) is 0 Å². The highest BCUT2D eigenvalue weighted by Gasteiger charge is 2.23. The van der Waals surface area contributed by atoms with Crippen molar-refractivity contribution >= 4 is 24.8 Å². The topological polar surface area (TPSA) is 29.3 Å². The van der Waals surface area contributed by atoms with Crippen LogP contribution in [0.1, 0.15) is 57.8 Å². The first-order valence-electron chi connectivity index (χ1n) is 7.81. The molecule has 0 aromatic heterocycles. The molecule has 1 heterocycles. The van der Waals surface area contributed by atoms with E-state index in [9.17, 15) is 0 Å². The fraction of sp³-hybridized carbons (Fsp3) is 1.00. The molecule has 0 amide bonds. The molecule has 0 unspecified atom stereocenters. The molecule has 0 aromatic rings. The van der Waals surface area contributed by atoms with Crippen LogP contribution in [0.25, 0.3) is 0 Å². The van der Waals surface area contributed by atoms with Gasteiger partial charge >= 0.3 is 0 Å². The highest BCUT2D eigenvalue weighted by molar-refractivity contribution is 5.85. The van der Waals surface area contributed by atoms with Gasteiger partial charge in [0.2, 0.25) is 0 Å². The molecular weight excluding hydrogens is 279 g/mol. The lowest BCUT2D eigenvalue weighted by atomic mass is 9.80. The van der Waals surface area contributed by atoms with Gasteiger partial charge in [-0.2, -0.15) is 0 Å². The molecule has 1 saturated carbocycles. The average Bonchev–Trinajstić information content (AvgIpc) is 2.39. The molecule has 0 atom stereocenters. The third-order valence-corrected chi connectivity index (χ3v) is 4.78. The molecule has 19 heavy (non-hydrogen) atoms. The van der Waals surface area contributed by atoms with Gasteiger partial charge in [0.15, 0.2) is 0 Å². The van der Waals surface area contributed by atoms with Crippen LogP contribution >= 0.6 is 24.8 Å². The average molecular weight is 311 g/mol. The highest BCUT2D eigenvalue weighted by atomic mass is 35.5. The molecule has 116 valence electrons. The van der Waals surface area contributed by atoms with Gasteiger partial charge in [-0.05, 0) is 63.7 Å². The number of nitrogens with zero attached hydrogens (tertiary/aromatic N) is 1. The Balaban J connectivity index is 0.00000162. The van der Waals surface area contributed by atoms with Gasteiger partial charge in [0.05, 0.1) is 0 Å². The zero-order chi connectivity index (χ0) is 11.9. The largest absolute Gasteiger partial charge is 0.330 e. The number of hydrogen-bond donors (Lipinski definition) is 1. The van der Waals surface area contributed by atoms with Crippen LogP contribution in [0.2, 0.25) is 0 Å². The van der Waals surface area contributed by atoms with Crippen LogP contribution in [0.15, 0.2) is 0 Å². The quantitative estimate of drug-likeness (QED) is 0.835. The predicted octanol–water partition coefficient (Wildman–Crippen LogP) is 3.86. The summed E-state index contributed by atoms with van der Waals surface area (Å²) in [6.07, 6.45) is 13.1. The summed E-state index contributed by atoms with van der Waals surface area (Å²) in [5.41, 5.74) is 5.57. The van der Waals surface area contributed by atoms with E-state index >= 15 is 0 Å². The predicted molar refractivity (Wildman–Crippen MR) is 88.5 cm³/mol. The summed E-state index contributed by atoms with van der Waals surface area (Å²) < 4.78 is 0. The Morgan fingerprint density at radius 3 is 2.00 bits per heavy atom. The van der Waals surface area contributed by atoms with Gasteiger partial charge < -0.3 is 10.6 Å². The maximum absolute atomic E-state index is 5.57. The molecule has 2 N–H and O–H groups in total. The lowest BCUT2D eigenvalue weighted by Gasteiger charge is -2.34. The van der Waals surface area contributed by atoms with E-state index in [0.717, 1.165) is 18.4 Å². The van der Waals surface area contributed by atoms with Crippen molar-refractivity contribution in [3.63, 3.8) is 0 Å². The first-order valence-corrected chi connectivity index (χ1v) is 7.81. The minimum atomic E-state index is 0. The second kappa shape index (κ2) is 11.2. The summed E-state index contributed by atoms with van der Waals surface area (Å²) in [5.74, 6) is 2.11. The lowest BCUT2D eigenvalue weighted by Crippen LogP contribution is -2.35. The second-order valence-corrected chi connectivity index (χ2v) is 6.17. The Labute approximate surface area is 131 Å². The number of piperidine rings is 1. The molecule has 0 radical (unpaired) electrons. The molecule has 0 aromatic carbocycles. The maximum atomic E-state index is 5.57. The zero-order valence-electron chi connectivity index (χ0n) is 12.2. The van der Waals surface area contributed by atoms with Crippen molar-refractivity contribution in [3.05, 3.63) is 0 Å². The molecule has 2 fully saturated rings. The third-order valence-electron chi connectivity index (χ3n) is 4.78. The SMILES string of the molecule is Cl.Cl.NCCCN1CCC(CC2CCCCC2)CC1. The first kappa shape index (κ1) is 19.5. The summed E-state index contributed by atoms with van der Waals surface area (Å²) in [4.78, 5) is 2.62. The summed E-state index contributed by atoms with van der Waals surface area (Å²) >= 11 is 0. The first-order chi connectivity index (χ1) is 8.38. The normalized spacial score (nSPS) is 22.6. The van der Waals surface area contributed by atoms with Crippen LogP contribution < -0.4 is 5.73 Å². The van der Waals surface area contributed by atoms with Crippen LogP contribution in [-0.4, -0.2) is 31.1 Å². The Morgan fingerprint density at radius 2 is 1.42 bits per heavy atom. The van der Waals surface area contributed by atoms with Crippen LogP contribution in [0.5, 0.6) is 0 Å². The molecule has 0 spiro atoms. The Hall–Kier alpha value is 0.500. The van der Waals surface area contributed by atoms with Crippen LogP contribution in [-0.2, 0) is 0 Å². The Morgan fingerprint density at radius 1 is 0.842 bits per heavy atom. The molecular formula is C15H32Cl2N2. The number of nitrogens with two attached hydrogens (primary N) is 1. The third kappa shape index (κ3) is 7.17. The summed E-state index contributed by atoms with van der Waals surface area (Å²) in [6, 6.07) is 0. The van der Waals surface area contributed by atoms with Crippen molar-refractivity contribution in [1.82, 2.24) is 4.90 Å². The number of halogens is 2. The zero-order valence-corrected chi connectivity index (χ0v) is 13.8. The van der Waals surface area contributed by atoms with Gasteiger partial charge in [0.25, 0.3) is 0 Å². The molecule has 2 rings (SSSR count). The molecule has 0 bridgehead atoms. The maximum Gasteiger partial charge on any atom is -0.000671 e. The number of rotatable bonds is 5. The second-order valence-electron chi connectivity index (χ2n) is 6.17. The van der Waals surface area contributed by atoms with Gasteiger partial charge in [-0.25, -0.2) is 0 Å². The monoisotopic (exact) mass is 310 g/mol. The Kier molecular flexibility index (Phi) is 11.5. The van der Waals surface area contributed by atoms with E-state index in [1.807, 2.05) is 0 Å². The van der Waals surface area contributed by atoms with Crippen molar-refractivity contribution in [2.75, 3.05) is 26.2 Å². The minimum Gasteiger partial charge on any atom is -0.330 e. The van der Waals surface area contributed by atoms with Gasteiger partial charge in [-0.15, -0.1) is 24.8 Å². The van der Waals surface area contributed by atoms with E-state index in [1.165, 1.54) is 77.4 Å². The molecule has 4 heteroatoms. The van der Waals surface area contributed by atoms with Crippen molar-refractivity contribution < 1.29 is 0 Å². The van der Waals surface area contributed by atoms with Gasteiger partial charge in [-0.1, -0.05) is 32.1 Å². The highest BCUT2D eigenvalue weighted by Crippen LogP contribution is 2.32. The van der Waals surface area contributed by atoms with Crippen LogP contribution in [0.4, 0.5) is 0 Å². The van der Waals surface area contributed by atoms with Gasteiger partial charge in [0.1, 0.15) is 0 Å². The summed E-state index contributed by atoms with van der Waals surface area (Å²) in [7, 11) is 0. The molecule has 1 aliphatic heterocycles. The van der Waals surface area contributed by atoms with E-state index in [4.69, 9.17) is 5.73 Å². The molecule has 1 saturated heterocycles. The van der Waals surface area contributed by atoms with Crippen LogP contribution in [0.3, 0.4) is 0 Å². The summed E-state index contributed by atoms with van der Waals surface area (Å²) in [5, 5.41) is 0. The van der Waals surface area contributed by atoms with E-state index in [2.05, 4.69) is 4.90 Å². The fourth-order valence-corrected chi connectivity index (χ4v) is 3.65. The summed E-state index contributed by atoms with van der Waals surface area (Å²) in [6.45, 7) is 4.74. The molecule has 2 nitrogen and oxygen atoms in total. The van der Waals surface area contributed by atoms with E-state index in [1.54, 1.807) is 0 Å². The standard InChI is InChI=1S/C15H30N2.2ClH/c16-9-4-10-17-11-7-15(8-12-17)13-14-5-2-1-3-6-14;;/h14-15H,1-13,16H2;2*1H. The Bertz CT molecular complexity index is 200. The number of likely N-dealkylation sites (tertiary alicyclic amines) is 1. The molecule has 1 aliphatic carbocycles. The van der Waals surface area contributed by atoms with Crippen molar-refractivity contribution in [2.45, 2.75) is 57.8 Å².